The smallest absolute Gasteiger partial charge is 0.253 e. The fourth-order valence-corrected chi connectivity index (χ4v) is 3.86. The third-order valence-electron chi connectivity index (χ3n) is 5.58. The van der Waals surface area contributed by atoms with Crippen molar-refractivity contribution in [3.63, 3.8) is 0 Å². The number of rotatable bonds is 5. The average Bonchev–Trinajstić information content (AvgIpc) is 3.29. The van der Waals surface area contributed by atoms with E-state index in [0.29, 0.717) is 30.1 Å². The van der Waals surface area contributed by atoms with Crippen LogP contribution in [0.1, 0.15) is 44.3 Å². The van der Waals surface area contributed by atoms with Crippen molar-refractivity contribution in [2.45, 2.75) is 52.1 Å². The van der Waals surface area contributed by atoms with E-state index in [1.807, 2.05) is 37.3 Å². The predicted octanol–water partition coefficient (Wildman–Crippen LogP) is 4.71. The standard InChI is InChI=1S/C21H26N4O2/c1-14-9-11-17(12-10-14)25(3)13-18-22-23-21(26-18)19-15(2)27-24-20(19)16-7-5-4-6-8-16/h4-8,14,17H,9-13H2,1-3H3. The Morgan fingerprint density at radius 2 is 1.81 bits per heavy atom. The van der Waals surface area contributed by atoms with E-state index < -0.39 is 0 Å². The molecule has 1 aliphatic rings. The quantitative estimate of drug-likeness (QED) is 0.651. The van der Waals surface area contributed by atoms with E-state index in [0.717, 1.165) is 22.7 Å². The third-order valence-corrected chi connectivity index (χ3v) is 5.58. The highest BCUT2D eigenvalue weighted by atomic mass is 16.5. The van der Waals surface area contributed by atoms with Crippen LogP contribution in [0.3, 0.4) is 0 Å². The molecule has 0 N–H and O–H groups in total. The lowest BCUT2D eigenvalue weighted by Gasteiger charge is -2.32. The summed E-state index contributed by atoms with van der Waals surface area (Å²) in [4.78, 5) is 2.34. The van der Waals surface area contributed by atoms with Gasteiger partial charge in [-0.25, -0.2) is 0 Å². The van der Waals surface area contributed by atoms with E-state index in [9.17, 15) is 0 Å². The minimum absolute atomic E-state index is 0.466. The van der Waals surface area contributed by atoms with Crippen LogP contribution in [0.25, 0.3) is 22.7 Å². The molecule has 0 atom stereocenters. The first-order chi connectivity index (χ1) is 13.1. The fourth-order valence-electron chi connectivity index (χ4n) is 3.86. The van der Waals surface area contributed by atoms with Crippen molar-refractivity contribution in [3.05, 3.63) is 42.0 Å². The summed E-state index contributed by atoms with van der Waals surface area (Å²) in [6, 6.07) is 10.5. The Hall–Kier alpha value is -2.47. The van der Waals surface area contributed by atoms with E-state index in [1.165, 1.54) is 25.7 Å². The summed E-state index contributed by atoms with van der Waals surface area (Å²) in [6.07, 6.45) is 5.07. The molecule has 6 heteroatoms. The van der Waals surface area contributed by atoms with Gasteiger partial charge in [-0.1, -0.05) is 42.4 Å². The molecule has 0 unspecified atom stereocenters. The fraction of sp³-hybridized carbons (Fsp3) is 0.476. The molecule has 2 heterocycles. The minimum atomic E-state index is 0.466. The number of benzene rings is 1. The maximum absolute atomic E-state index is 5.99. The second-order valence-corrected chi connectivity index (χ2v) is 7.66. The van der Waals surface area contributed by atoms with Crippen molar-refractivity contribution >= 4 is 0 Å². The van der Waals surface area contributed by atoms with Gasteiger partial charge in [0.05, 0.1) is 6.54 Å². The maximum Gasteiger partial charge on any atom is 0.253 e. The van der Waals surface area contributed by atoms with Crippen molar-refractivity contribution in [2.75, 3.05) is 7.05 Å². The van der Waals surface area contributed by atoms with Crippen LogP contribution in [0.4, 0.5) is 0 Å². The van der Waals surface area contributed by atoms with Crippen LogP contribution in [0.15, 0.2) is 39.3 Å². The van der Waals surface area contributed by atoms with Crippen LogP contribution in [-0.2, 0) is 6.54 Å². The molecule has 0 bridgehead atoms. The van der Waals surface area contributed by atoms with Gasteiger partial charge in [0, 0.05) is 11.6 Å². The van der Waals surface area contributed by atoms with E-state index in [2.05, 4.69) is 34.2 Å². The largest absolute Gasteiger partial charge is 0.419 e. The second kappa shape index (κ2) is 7.64. The van der Waals surface area contributed by atoms with Crippen LogP contribution in [0, 0.1) is 12.8 Å². The van der Waals surface area contributed by atoms with Crippen molar-refractivity contribution in [1.29, 1.82) is 0 Å². The topological polar surface area (TPSA) is 68.2 Å². The van der Waals surface area contributed by atoms with Gasteiger partial charge in [-0.05, 0) is 45.6 Å². The third kappa shape index (κ3) is 3.81. The van der Waals surface area contributed by atoms with Crippen LogP contribution in [0.5, 0.6) is 0 Å². The van der Waals surface area contributed by atoms with Crippen LogP contribution in [0.2, 0.25) is 0 Å². The lowest BCUT2D eigenvalue weighted by Crippen LogP contribution is -2.34. The lowest BCUT2D eigenvalue weighted by atomic mass is 9.87. The normalized spacial score (nSPS) is 20.3. The number of aromatic nitrogens is 3. The van der Waals surface area contributed by atoms with Crippen LogP contribution < -0.4 is 0 Å². The first-order valence-electron chi connectivity index (χ1n) is 9.66. The zero-order valence-electron chi connectivity index (χ0n) is 16.2. The molecule has 1 fully saturated rings. The lowest BCUT2D eigenvalue weighted by molar-refractivity contribution is 0.152. The molecule has 4 rings (SSSR count). The first kappa shape index (κ1) is 17.9. The molecule has 142 valence electrons. The van der Waals surface area contributed by atoms with Gasteiger partial charge in [0.15, 0.2) is 0 Å². The predicted molar refractivity (Wildman–Crippen MR) is 103 cm³/mol. The molecule has 1 aliphatic carbocycles. The summed E-state index contributed by atoms with van der Waals surface area (Å²) >= 11 is 0. The maximum atomic E-state index is 5.99. The highest BCUT2D eigenvalue weighted by Gasteiger charge is 2.25. The Morgan fingerprint density at radius 1 is 1.07 bits per heavy atom. The van der Waals surface area contributed by atoms with Crippen LogP contribution in [-0.4, -0.2) is 33.3 Å². The molecule has 0 amide bonds. The van der Waals surface area contributed by atoms with Gasteiger partial charge in [0.2, 0.25) is 5.89 Å². The SMILES string of the molecule is Cc1onc(-c2ccccc2)c1-c1nnc(CN(C)C2CCC(C)CC2)o1. The molecule has 1 saturated carbocycles. The molecular formula is C21H26N4O2. The summed E-state index contributed by atoms with van der Waals surface area (Å²) < 4.78 is 11.4. The van der Waals surface area contributed by atoms with Gasteiger partial charge in [0.1, 0.15) is 17.0 Å². The van der Waals surface area contributed by atoms with Crippen molar-refractivity contribution in [2.24, 2.45) is 5.92 Å². The van der Waals surface area contributed by atoms with Gasteiger partial charge in [-0.15, -0.1) is 10.2 Å². The molecule has 0 saturated heterocycles. The molecule has 2 aromatic heterocycles. The number of aryl methyl sites for hydroxylation is 1. The van der Waals surface area contributed by atoms with Crippen LogP contribution >= 0.6 is 0 Å². The average molecular weight is 366 g/mol. The molecule has 0 aliphatic heterocycles. The zero-order chi connectivity index (χ0) is 18.8. The molecule has 6 nitrogen and oxygen atoms in total. The Morgan fingerprint density at radius 3 is 2.56 bits per heavy atom. The second-order valence-electron chi connectivity index (χ2n) is 7.66. The van der Waals surface area contributed by atoms with Gasteiger partial charge >= 0.3 is 0 Å². The van der Waals surface area contributed by atoms with E-state index in [1.54, 1.807) is 0 Å². The molecule has 0 spiro atoms. The van der Waals surface area contributed by atoms with Gasteiger partial charge < -0.3 is 8.94 Å². The number of hydrogen-bond acceptors (Lipinski definition) is 6. The summed E-state index contributed by atoms with van der Waals surface area (Å²) in [5.41, 5.74) is 2.48. The Bertz CT molecular complexity index is 879. The molecule has 3 aromatic rings. The summed E-state index contributed by atoms with van der Waals surface area (Å²) in [7, 11) is 2.14. The highest BCUT2D eigenvalue weighted by molar-refractivity contribution is 5.77. The van der Waals surface area contributed by atoms with E-state index >= 15 is 0 Å². The highest BCUT2D eigenvalue weighted by Crippen LogP contribution is 2.33. The Kier molecular flexibility index (Phi) is 5.07. The minimum Gasteiger partial charge on any atom is -0.419 e. The van der Waals surface area contributed by atoms with Crippen molar-refractivity contribution in [1.82, 2.24) is 20.3 Å². The molecule has 0 radical (unpaired) electrons. The van der Waals surface area contributed by atoms with Gasteiger partial charge in [0.25, 0.3) is 5.89 Å². The zero-order valence-corrected chi connectivity index (χ0v) is 16.2. The summed E-state index contributed by atoms with van der Waals surface area (Å²) in [5, 5.41) is 12.7. The Labute approximate surface area is 159 Å². The van der Waals surface area contributed by atoms with Crippen molar-refractivity contribution in [3.8, 4) is 22.7 Å². The summed E-state index contributed by atoms with van der Waals surface area (Å²) in [6.45, 7) is 4.87. The van der Waals surface area contributed by atoms with Gasteiger partial charge in [-0.2, -0.15) is 0 Å². The molecule has 1 aromatic carbocycles. The number of hydrogen-bond donors (Lipinski definition) is 0. The van der Waals surface area contributed by atoms with Gasteiger partial charge in [-0.3, -0.25) is 4.90 Å². The molecule has 27 heavy (non-hydrogen) atoms. The number of nitrogens with zero attached hydrogens (tertiary/aromatic N) is 4. The van der Waals surface area contributed by atoms with E-state index in [-0.39, 0.29) is 0 Å². The van der Waals surface area contributed by atoms with E-state index in [4.69, 9.17) is 8.94 Å². The summed E-state index contributed by atoms with van der Waals surface area (Å²) in [5.74, 6) is 2.62. The Balaban J connectivity index is 1.53. The first-order valence-corrected chi connectivity index (χ1v) is 9.66. The monoisotopic (exact) mass is 366 g/mol. The molecular weight excluding hydrogens is 340 g/mol. The van der Waals surface area contributed by atoms with Crippen molar-refractivity contribution < 1.29 is 8.94 Å².